The summed E-state index contributed by atoms with van der Waals surface area (Å²) in [7, 11) is 0. The summed E-state index contributed by atoms with van der Waals surface area (Å²) in [6, 6.07) is 14.8. The number of H-pyrrole nitrogens is 1. The number of rotatable bonds is 5. The van der Waals surface area contributed by atoms with Gasteiger partial charge in [-0.05, 0) is 37.5 Å². The summed E-state index contributed by atoms with van der Waals surface area (Å²) in [5, 5.41) is 0. The van der Waals surface area contributed by atoms with E-state index in [0.717, 1.165) is 21.3 Å². The van der Waals surface area contributed by atoms with E-state index in [1.165, 1.54) is 0 Å². The van der Waals surface area contributed by atoms with Crippen LogP contribution in [0.3, 0.4) is 0 Å². The number of aromatic nitrogens is 2. The van der Waals surface area contributed by atoms with Gasteiger partial charge in [-0.15, -0.1) is 0 Å². The van der Waals surface area contributed by atoms with Gasteiger partial charge in [0, 0.05) is 11.1 Å². The fourth-order valence-corrected chi connectivity index (χ4v) is 3.46. The molecule has 0 aliphatic rings. The Morgan fingerprint density at radius 1 is 1.00 bits per heavy atom. The van der Waals surface area contributed by atoms with E-state index in [2.05, 4.69) is 4.98 Å². The standard InChI is InChI=1S/C23H24N2O3/c1-14(2)19-20(21(26)18-11-15(3)10-16(4)12-18)24-23(28)25(22(19)27)13-17-8-6-5-7-9-17/h5-12,14H,13H2,1-4H3,(H,24,28). The van der Waals surface area contributed by atoms with Crippen LogP contribution in [0, 0.1) is 13.8 Å². The van der Waals surface area contributed by atoms with Crippen molar-refractivity contribution >= 4 is 5.78 Å². The number of carbonyl (C=O) groups excluding carboxylic acids is 1. The molecule has 0 aliphatic carbocycles. The summed E-state index contributed by atoms with van der Waals surface area (Å²) < 4.78 is 1.16. The van der Waals surface area contributed by atoms with Crippen molar-refractivity contribution in [2.45, 2.75) is 40.2 Å². The van der Waals surface area contributed by atoms with Crippen LogP contribution in [0.1, 0.15) is 58.1 Å². The third kappa shape index (κ3) is 3.88. The Labute approximate surface area is 163 Å². The Morgan fingerprint density at radius 3 is 2.18 bits per heavy atom. The number of nitrogens with zero attached hydrogens (tertiary/aromatic N) is 1. The van der Waals surface area contributed by atoms with Gasteiger partial charge in [0.2, 0.25) is 5.78 Å². The summed E-state index contributed by atoms with van der Waals surface area (Å²) in [6.45, 7) is 7.68. The second-order valence-corrected chi connectivity index (χ2v) is 7.46. The molecule has 1 N–H and O–H groups in total. The Balaban J connectivity index is 2.16. The lowest BCUT2D eigenvalue weighted by atomic mass is 9.95. The van der Waals surface area contributed by atoms with Crippen LogP contribution in [0.5, 0.6) is 0 Å². The monoisotopic (exact) mass is 376 g/mol. The van der Waals surface area contributed by atoms with Crippen LogP contribution < -0.4 is 11.2 Å². The number of aromatic amines is 1. The molecule has 5 heteroatoms. The van der Waals surface area contributed by atoms with Crippen molar-refractivity contribution in [3.63, 3.8) is 0 Å². The molecule has 0 unspecified atom stereocenters. The molecule has 1 aromatic heterocycles. The summed E-state index contributed by atoms with van der Waals surface area (Å²) in [5.74, 6) is -0.548. The smallest absolute Gasteiger partial charge is 0.303 e. The maximum Gasteiger partial charge on any atom is 0.329 e. The number of carbonyl (C=O) groups is 1. The zero-order valence-electron chi connectivity index (χ0n) is 16.6. The minimum Gasteiger partial charge on any atom is -0.303 e. The highest BCUT2D eigenvalue weighted by atomic mass is 16.2. The highest BCUT2D eigenvalue weighted by Gasteiger charge is 2.23. The van der Waals surface area contributed by atoms with E-state index in [9.17, 15) is 14.4 Å². The van der Waals surface area contributed by atoms with Crippen LogP contribution in [0.25, 0.3) is 0 Å². The molecule has 0 radical (unpaired) electrons. The molecule has 0 aliphatic heterocycles. The molecule has 0 amide bonds. The lowest BCUT2D eigenvalue weighted by molar-refractivity contribution is 0.103. The average molecular weight is 376 g/mol. The highest BCUT2D eigenvalue weighted by molar-refractivity contribution is 6.08. The van der Waals surface area contributed by atoms with Crippen molar-refractivity contribution in [2.24, 2.45) is 0 Å². The summed E-state index contributed by atoms with van der Waals surface area (Å²) in [4.78, 5) is 41.6. The van der Waals surface area contributed by atoms with Crippen LogP contribution >= 0.6 is 0 Å². The summed E-state index contributed by atoms with van der Waals surface area (Å²) >= 11 is 0. The zero-order valence-corrected chi connectivity index (χ0v) is 16.6. The number of hydrogen-bond acceptors (Lipinski definition) is 3. The third-order valence-electron chi connectivity index (χ3n) is 4.69. The van der Waals surface area contributed by atoms with Gasteiger partial charge < -0.3 is 4.98 Å². The quantitative estimate of drug-likeness (QED) is 0.692. The first kappa shape index (κ1) is 19.5. The minimum atomic E-state index is -0.578. The lowest BCUT2D eigenvalue weighted by Gasteiger charge is -2.15. The SMILES string of the molecule is Cc1cc(C)cc(C(=O)c2[nH]c(=O)n(Cc3ccccc3)c(=O)c2C(C)C)c1. The second kappa shape index (κ2) is 7.80. The van der Waals surface area contributed by atoms with Gasteiger partial charge in [0.1, 0.15) is 0 Å². The molecule has 2 aromatic carbocycles. The molecule has 0 atom stereocenters. The van der Waals surface area contributed by atoms with Crippen molar-refractivity contribution < 1.29 is 4.79 Å². The van der Waals surface area contributed by atoms with E-state index < -0.39 is 11.2 Å². The first-order valence-electron chi connectivity index (χ1n) is 9.32. The second-order valence-electron chi connectivity index (χ2n) is 7.46. The normalized spacial score (nSPS) is 11.0. The summed E-state index contributed by atoms with van der Waals surface area (Å²) in [5.41, 5.74) is 2.64. The molecule has 0 spiro atoms. The molecular formula is C23H24N2O3. The largest absolute Gasteiger partial charge is 0.329 e. The van der Waals surface area contributed by atoms with Crippen LogP contribution in [-0.4, -0.2) is 15.3 Å². The highest BCUT2D eigenvalue weighted by Crippen LogP contribution is 2.18. The van der Waals surface area contributed by atoms with Crippen molar-refractivity contribution in [1.29, 1.82) is 0 Å². The van der Waals surface area contributed by atoms with Gasteiger partial charge in [-0.2, -0.15) is 0 Å². The van der Waals surface area contributed by atoms with Gasteiger partial charge in [-0.3, -0.25) is 14.2 Å². The number of nitrogens with one attached hydrogen (secondary N) is 1. The Morgan fingerprint density at radius 2 is 1.61 bits per heavy atom. The molecule has 0 fully saturated rings. The number of aryl methyl sites for hydroxylation is 2. The number of hydrogen-bond donors (Lipinski definition) is 1. The fraction of sp³-hybridized carbons (Fsp3) is 0.261. The Hall–Kier alpha value is -3.21. The lowest BCUT2D eigenvalue weighted by Crippen LogP contribution is -2.40. The molecule has 144 valence electrons. The van der Waals surface area contributed by atoms with E-state index in [1.807, 2.05) is 64.1 Å². The predicted octanol–water partition coefficient (Wildman–Crippen LogP) is 3.56. The molecule has 0 bridgehead atoms. The van der Waals surface area contributed by atoms with Gasteiger partial charge in [0.25, 0.3) is 5.56 Å². The molecule has 5 nitrogen and oxygen atoms in total. The van der Waals surface area contributed by atoms with Gasteiger partial charge in [-0.1, -0.05) is 61.4 Å². The van der Waals surface area contributed by atoms with E-state index >= 15 is 0 Å². The Kier molecular flexibility index (Phi) is 5.45. The van der Waals surface area contributed by atoms with Crippen molar-refractivity contribution in [3.8, 4) is 0 Å². The van der Waals surface area contributed by atoms with E-state index in [1.54, 1.807) is 12.1 Å². The number of benzene rings is 2. The van der Waals surface area contributed by atoms with E-state index in [4.69, 9.17) is 0 Å². The van der Waals surface area contributed by atoms with Crippen LogP contribution in [0.15, 0.2) is 58.1 Å². The molecule has 0 saturated heterocycles. The van der Waals surface area contributed by atoms with E-state index in [0.29, 0.717) is 11.1 Å². The predicted molar refractivity (Wildman–Crippen MR) is 110 cm³/mol. The first-order valence-corrected chi connectivity index (χ1v) is 9.32. The first-order chi connectivity index (χ1) is 13.3. The molecule has 0 saturated carbocycles. The zero-order chi connectivity index (χ0) is 20.4. The maximum atomic E-state index is 13.1. The van der Waals surface area contributed by atoms with Crippen molar-refractivity contribution in [1.82, 2.24) is 9.55 Å². The molecule has 1 heterocycles. The average Bonchev–Trinajstić information content (AvgIpc) is 2.63. The van der Waals surface area contributed by atoms with Crippen LogP contribution in [0.2, 0.25) is 0 Å². The summed E-state index contributed by atoms with van der Waals surface area (Å²) in [6.07, 6.45) is 0. The van der Waals surface area contributed by atoms with Crippen molar-refractivity contribution in [2.75, 3.05) is 0 Å². The molecule has 3 aromatic rings. The van der Waals surface area contributed by atoms with Crippen LogP contribution in [-0.2, 0) is 6.54 Å². The third-order valence-corrected chi connectivity index (χ3v) is 4.69. The molecule has 28 heavy (non-hydrogen) atoms. The van der Waals surface area contributed by atoms with Gasteiger partial charge in [0.15, 0.2) is 0 Å². The fourth-order valence-electron chi connectivity index (χ4n) is 3.46. The maximum absolute atomic E-state index is 13.1. The topological polar surface area (TPSA) is 71.9 Å². The minimum absolute atomic E-state index is 0.0827. The number of ketones is 1. The van der Waals surface area contributed by atoms with Gasteiger partial charge >= 0.3 is 5.69 Å². The molecular weight excluding hydrogens is 352 g/mol. The molecule has 3 rings (SSSR count). The van der Waals surface area contributed by atoms with E-state index in [-0.39, 0.29) is 23.9 Å². The van der Waals surface area contributed by atoms with Gasteiger partial charge in [-0.25, -0.2) is 4.79 Å². The Bertz CT molecular complexity index is 1120. The van der Waals surface area contributed by atoms with Crippen LogP contribution in [0.4, 0.5) is 0 Å². The van der Waals surface area contributed by atoms with Crippen molar-refractivity contribution in [3.05, 3.63) is 103 Å². The van der Waals surface area contributed by atoms with Gasteiger partial charge in [0.05, 0.1) is 12.2 Å².